The molecule has 2 aromatic carbocycles. The number of benzene rings is 2. The van der Waals surface area contributed by atoms with E-state index in [0.717, 1.165) is 43.4 Å². The van der Waals surface area contributed by atoms with Crippen LogP contribution in [0.4, 0.5) is 5.69 Å². The quantitative estimate of drug-likeness (QED) is 0.619. The lowest BCUT2D eigenvalue weighted by molar-refractivity contribution is 0.0949. The van der Waals surface area contributed by atoms with Crippen LogP contribution in [-0.2, 0) is 0 Å². The van der Waals surface area contributed by atoms with Crippen molar-refractivity contribution in [2.45, 2.75) is 52.0 Å². The van der Waals surface area contributed by atoms with Crippen molar-refractivity contribution in [1.82, 2.24) is 5.32 Å². The fraction of sp³-hybridized carbons (Fsp3) is 0.391. The molecule has 2 amide bonds. The van der Waals surface area contributed by atoms with Gasteiger partial charge in [-0.25, -0.2) is 0 Å². The summed E-state index contributed by atoms with van der Waals surface area (Å²) in [5, 5.41) is 5.88. The Morgan fingerprint density at radius 2 is 1.71 bits per heavy atom. The minimum Gasteiger partial charge on any atom is -0.494 e. The Kier molecular flexibility index (Phi) is 6.69. The molecule has 1 aliphatic carbocycles. The lowest BCUT2D eigenvalue weighted by Gasteiger charge is -2.11. The largest absolute Gasteiger partial charge is 0.494 e. The maximum Gasteiger partial charge on any atom is 0.255 e. The fourth-order valence-electron chi connectivity index (χ4n) is 2.83. The van der Waals surface area contributed by atoms with Crippen LogP contribution in [0.5, 0.6) is 5.75 Å². The number of ether oxygens (including phenoxy) is 1. The minimum atomic E-state index is -0.208. The lowest BCUT2D eigenvalue weighted by Crippen LogP contribution is -2.25. The summed E-state index contributed by atoms with van der Waals surface area (Å²) in [6, 6.07) is 12.8. The van der Waals surface area contributed by atoms with E-state index < -0.39 is 0 Å². The van der Waals surface area contributed by atoms with Crippen molar-refractivity contribution >= 4 is 17.5 Å². The third kappa shape index (κ3) is 5.59. The molecule has 0 radical (unpaired) electrons. The van der Waals surface area contributed by atoms with Gasteiger partial charge in [0, 0.05) is 22.9 Å². The van der Waals surface area contributed by atoms with Crippen LogP contribution in [0, 0.1) is 6.92 Å². The van der Waals surface area contributed by atoms with Crippen molar-refractivity contribution in [2.75, 3.05) is 11.9 Å². The second-order valence-corrected chi connectivity index (χ2v) is 7.31. The van der Waals surface area contributed by atoms with E-state index >= 15 is 0 Å². The third-order valence-corrected chi connectivity index (χ3v) is 4.79. The molecule has 1 aliphatic rings. The van der Waals surface area contributed by atoms with Gasteiger partial charge in [-0.05, 0) is 68.1 Å². The van der Waals surface area contributed by atoms with Crippen LogP contribution in [0.2, 0.25) is 0 Å². The molecule has 0 atom stereocenters. The minimum absolute atomic E-state index is 0.0948. The number of amides is 2. The topological polar surface area (TPSA) is 67.4 Å². The van der Waals surface area contributed by atoms with E-state index in [9.17, 15) is 9.59 Å². The second-order valence-electron chi connectivity index (χ2n) is 7.31. The molecule has 0 aliphatic heterocycles. The van der Waals surface area contributed by atoms with E-state index in [-0.39, 0.29) is 11.8 Å². The summed E-state index contributed by atoms with van der Waals surface area (Å²) < 4.78 is 5.68. The van der Waals surface area contributed by atoms with Gasteiger partial charge < -0.3 is 15.4 Å². The highest BCUT2D eigenvalue weighted by Gasteiger charge is 2.24. The standard InChI is InChI=1S/C23H28N2O3/c1-3-4-5-14-28-20-12-8-17(9-13-20)22(26)25-21-15-18(7-6-16(21)2)23(27)24-19-10-11-19/h6-9,12-13,15,19H,3-5,10-11,14H2,1-2H3,(H,24,27)(H,25,26). The van der Waals surface area contributed by atoms with Crippen LogP contribution in [0.1, 0.15) is 65.3 Å². The summed E-state index contributed by atoms with van der Waals surface area (Å²) in [5.74, 6) is 0.463. The van der Waals surface area contributed by atoms with Gasteiger partial charge in [0.15, 0.2) is 0 Å². The van der Waals surface area contributed by atoms with Crippen LogP contribution in [0.3, 0.4) is 0 Å². The third-order valence-electron chi connectivity index (χ3n) is 4.79. The monoisotopic (exact) mass is 380 g/mol. The van der Waals surface area contributed by atoms with E-state index in [1.807, 2.05) is 25.1 Å². The van der Waals surface area contributed by atoms with Crippen molar-refractivity contribution in [2.24, 2.45) is 0 Å². The predicted molar refractivity (Wildman–Crippen MR) is 111 cm³/mol. The number of aryl methyl sites for hydroxylation is 1. The Labute approximate surface area is 166 Å². The molecule has 0 saturated heterocycles. The SMILES string of the molecule is CCCCCOc1ccc(C(=O)Nc2cc(C(=O)NC3CC3)ccc2C)cc1. The van der Waals surface area contributed by atoms with Gasteiger partial charge in [0.2, 0.25) is 0 Å². The number of hydrogen-bond acceptors (Lipinski definition) is 3. The zero-order valence-corrected chi connectivity index (χ0v) is 16.6. The summed E-state index contributed by atoms with van der Waals surface area (Å²) in [6.45, 7) is 4.75. The fourth-order valence-corrected chi connectivity index (χ4v) is 2.83. The maximum absolute atomic E-state index is 12.6. The summed E-state index contributed by atoms with van der Waals surface area (Å²) in [5.41, 5.74) is 2.66. The van der Waals surface area contributed by atoms with E-state index in [1.54, 1.807) is 24.3 Å². The number of carbonyl (C=O) groups excluding carboxylic acids is 2. The first-order valence-electron chi connectivity index (χ1n) is 10.0. The zero-order valence-electron chi connectivity index (χ0n) is 16.6. The summed E-state index contributed by atoms with van der Waals surface area (Å²) in [7, 11) is 0. The van der Waals surface area contributed by atoms with Gasteiger partial charge in [-0.15, -0.1) is 0 Å². The van der Waals surface area contributed by atoms with Crippen LogP contribution < -0.4 is 15.4 Å². The number of anilines is 1. The Morgan fingerprint density at radius 1 is 1.00 bits per heavy atom. The molecule has 0 spiro atoms. The first-order chi connectivity index (χ1) is 13.6. The first kappa shape index (κ1) is 19.9. The van der Waals surface area contributed by atoms with Gasteiger partial charge in [-0.2, -0.15) is 0 Å². The molecule has 0 bridgehead atoms. The highest BCUT2D eigenvalue weighted by Crippen LogP contribution is 2.22. The van der Waals surface area contributed by atoms with Gasteiger partial charge in [0.05, 0.1) is 6.61 Å². The van der Waals surface area contributed by atoms with E-state index in [0.29, 0.717) is 29.5 Å². The normalized spacial score (nSPS) is 13.1. The van der Waals surface area contributed by atoms with Gasteiger partial charge in [0.1, 0.15) is 5.75 Å². The van der Waals surface area contributed by atoms with Crippen LogP contribution in [0.15, 0.2) is 42.5 Å². The maximum atomic E-state index is 12.6. The summed E-state index contributed by atoms with van der Waals surface area (Å²) in [6.07, 6.45) is 5.42. The van der Waals surface area contributed by atoms with E-state index in [1.165, 1.54) is 0 Å². The van der Waals surface area contributed by atoms with Crippen LogP contribution in [-0.4, -0.2) is 24.5 Å². The summed E-state index contributed by atoms with van der Waals surface area (Å²) in [4.78, 5) is 24.8. The molecular formula is C23H28N2O3. The Morgan fingerprint density at radius 3 is 2.39 bits per heavy atom. The highest BCUT2D eigenvalue weighted by atomic mass is 16.5. The molecule has 148 valence electrons. The van der Waals surface area contributed by atoms with Crippen molar-refractivity contribution < 1.29 is 14.3 Å². The number of carbonyl (C=O) groups is 2. The van der Waals surface area contributed by atoms with Crippen LogP contribution in [0.25, 0.3) is 0 Å². The average molecular weight is 380 g/mol. The van der Waals surface area contributed by atoms with E-state index in [4.69, 9.17) is 4.74 Å². The molecule has 1 saturated carbocycles. The molecule has 5 heteroatoms. The molecule has 2 N–H and O–H groups in total. The predicted octanol–water partition coefficient (Wildman–Crippen LogP) is 4.71. The molecule has 2 aromatic rings. The lowest BCUT2D eigenvalue weighted by atomic mass is 10.1. The summed E-state index contributed by atoms with van der Waals surface area (Å²) >= 11 is 0. The van der Waals surface area contributed by atoms with Crippen molar-refractivity contribution in [3.8, 4) is 5.75 Å². The molecule has 3 rings (SSSR count). The van der Waals surface area contributed by atoms with Gasteiger partial charge in [0.25, 0.3) is 11.8 Å². The van der Waals surface area contributed by atoms with E-state index in [2.05, 4.69) is 17.6 Å². The Balaban J connectivity index is 1.61. The number of hydrogen-bond donors (Lipinski definition) is 2. The number of rotatable bonds is 9. The average Bonchev–Trinajstić information content (AvgIpc) is 3.51. The zero-order chi connectivity index (χ0) is 19.9. The molecule has 0 unspecified atom stereocenters. The second kappa shape index (κ2) is 9.40. The van der Waals surface area contributed by atoms with Gasteiger partial charge in [-0.1, -0.05) is 25.8 Å². The molecule has 28 heavy (non-hydrogen) atoms. The number of unbranched alkanes of at least 4 members (excludes halogenated alkanes) is 2. The van der Waals surface area contributed by atoms with Crippen molar-refractivity contribution in [3.63, 3.8) is 0 Å². The highest BCUT2D eigenvalue weighted by molar-refractivity contribution is 6.05. The first-order valence-corrected chi connectivity index (χ1v) is 10.0. The molecule has 5 nitrogen and oxygen atoms in total. The molecule has 1 fully saturated rings. The van der Waals surface area contributed by atoms with Crippen LogP contribution >= 0.6 is 0 Å². The molecular weight excluding hydrogens is 352 g/mol. The number of nitrogens with one attached hydrogen (secondary N) is 2. The van der Waals surface area contributed by atoms with Gasteiger partial charge >= 0.3 is 0 Å². The van der Waals surface area contributed by atoms with Crippen molar-refractivity contribution in [3.05, 3.63) is 59.2 Å². The Bertz CT molecular complexity index is 826. The molecule has 0 heterocycles. The molecule has 0 aromatic heterocycles. The Hall–Kier alpha value is -2.82. The smallest absolute Gasteiger partial charge is 0.255 e. The van der Waals surface area contributed by atoms with Crippen molar-refractivity contribution in [1.29, 1.82) is 0 Å². The van der Waals surface area contributed by atoms with Gasteiger partial charge in [-0.3, -0.25) is 9.59 Å².